The molecule has 4 rings (SSSR count). The minimum absolute atomic E-state index is 0.00943. The number of thiophene rings is 1. The zero-order chi connectivity index (χ0) is 21.6. The summed E-state index contributed by atoms with van der Waals surface area (Å²) in [5.74, 6) is 5.72. The molecule has 0 amide bonds. The fourth-order valence-corrected chi connectivity index (χ4v) is 3.94. The Morgan fingerprint density at radius 2 is 1.71 bits per heavy atom. The molecule has 2 aromatic heterocycles. The van der Waals surface area contributed by atoms with Crippen LogP contribution < -0.4 is 16.3 Å². The molecule has 0 saturated heterocycles. The summed E-state index contributed by atoms with van der Waals surface area (Å²) >= 11 is 1.58. The lowest BCUT2D eigenvalue weighted by molar-refractivity contribution is 0.262. The summed E-state index contributed by atoms with van der Waals surface area (Å²) in [6.07, 6.45) is -0.833. The Balaban J connectivity index is 1.86. The Hall–Kier alpha value is -4.04. The minimum atomic E-state index is -0.833. The maximum atomic E-state index is 7.48. The van der Waals surface area contributed by atoms with E-state index in [1.807, 2.05) is 84.2 Å². The number of aromatic nitrogens is 1. The van der Waals surface area contributed by atoms with Crippen LogP contribution in [0.25, 0.3) is 21.7 Å². The third kappa shape index (κ3) is 4.29. The average molecular weight is 429 g/mol. The molecular formula is C23H20N6OS. The quantitative estimate of drug-likeness (QED) is 0.124. The molecule has 0 fully saturated rings. The van der Waals surface area contributed by atoms with Crippen molar-refractivity contribution in [1.82, 2.24) is 4.98 Å². The monoisotopic (exact) mass is 428 g/mol. The minimum Gasteiger partial charge on any atom is -0.459 e. The Labute approximate surface area is 183 Å². The first kappa shape index (κ1) is 20.2. The van der Waals surface area contributed by atoms with Crippen molar-refractivity contribution in [2.45, 2.75) is 6.10 Å². The summed E-state index contributed by atoms with van der Waals surface area (Å²) in [4.78, 5) is 5.68. The molecule has 1 unspecified atom stereocenters. The molecule has 1 atom stereocenters. The van der Waals surface area contributed by atoms with Crippen molar-refractivity contribution in [3.05, 3.63) is 89.8 Å². The van der Waals surface area contributed by atoms with Crippen LogP contribution in [0.5, 0.6) is 5.88 Å². The molecule has 31 heavy (non-hydrogen) atoms. The van der Waals surface area contributed by atoms with E-state index in [0.717, 1.165) is 21.6 Å². The highest BCUT2D eigenvalue weighted by Crippen LogP contribution is 2.39. The number of benzene rings is 2. The summed E-state index contributed by atoms with van der Waals surface area (Å²) in [6.45, 7) is 0. The summed E-state index contributed by atoms with van der Waals surface area (Å²) in [5.41, 5.74) is 17.6. The van der Waals surface area contributed by atoms with Gasteiger partial charge in [-0.25, -0.2) is 10.5 Å². The lowest BCUT2D eigenvalue weighted by Crippen LogP contribution is -2.20. The second kappa shape index (κ2) is 9.19. The molecular weight excluding hydrogens is 408 g/mol. The number of nitrogens with two attached hydrogens (primary N) is 2. The van der Waals surface area contributed by atoms with Crippen LogP contribution in [0.1, 0.15) is 11.7 Å². The number of ether oxygens (including phenoxy) is 1. The number of hydrazone groups is 1. The van der Waals surface area contributed by atoms with Crippen LogP contribution in [0, 0.1) is 5.53 Å². The van der Waals surface area contributed by atoms with Gasteiger partial charge in [-0.2, -0.15) is 5.10 Å². The van der Waals surface area contributed by atoms with Crippen LogP contribution in [0.3, 0.4) is 0 Å². The zero-order valence-corrected chi connectivity index (χ0v) is 17.3. The third-order valence-corrected chi connectivity index (χ3v) is 5.60. The molecule has 5 N–H and O–H groups in total. The fraction of sp³-hybridized carbons (Fsp3) is 0.0435. The Morgan fingerprint density at radius 3 is 2.32 bits per heavy atom. The average Bonchev–Trinajstić information content (AvgIpc) is 3.36. The van der Waals surface area contributed by atoms with E-state index in [-0.39, 0.29) is 11.7 Å². The standard InChI is InChI=1S/C23H20N6OS/c24-20-17(19-12-7-13-31-19)14-18(15-8-3-1-4-9-15)27-23(20)30-21(22(28-25)29-26)16-10-5-2-6-11-16/h1-14,21,25H,24,26H2. The van der Waals surface area contributed by atoms with E-state index in [0.29, 0.717) is 11.4 Å². The number of rotatable bonds is 6. The summed E-state index contributed by atoms with van der Waals surface area (Å²) in [5, 5.41) is 9.07. The lowest BCUT2D eigenvalue weighted by atomic mass is 10.1. The maximum Gasteiger partial charge on any atom is 0.239 e. The lowest BCUT2D eigenvalue weighted by Gasteiger charge is -2.20. The number of amidine groups is 1. The van der Waals surface area contributed by atoms with Crippen molar-refractivity contribution in [2.75, 3.05) is 5.73 Å². The first-order chi connectivity index (χ1) is 15.2. The van der Waals surface area contributed by atoms with E-state index in [1.165, 1.54) is 0 Å². The van der Waals surface area contributed by atoms with E-state index in [1.54, 1.807) is 11.3 Å². The topological polar surface area (TPSA) is 123 Å². The van der Waals surface area contributed by atoms with Gasteiger partial charge in [0.05, 0.1) is 5.69 Å². The zero-order valence-electron chi connectivity index (χ0n) is 16.5. The fourth-order valence-electron chi connectivity index (χ4n) is 3.18. The highest BCUT2D eigenvalue weighted by molar-refractivity contribution is 7.13. The number of hydrogen-bond donors (Lipinski definition) is 3. The first-order valence-corrected chi connectivity index (χ1v) is 10.4. The molecule has 0 bridgehead atoms. The van der Waals surface area contributed by atoms with Crippen LogP contribution in [-0.4, -0.2) is 10.8 Å². The summed E-state index contributed by atoms with van der Waals surface area (Å²) in [7, 11) is 0. The summed E-state index contributed by atoms with van der Waals surface area (Å²) in [6, 6.07) is 25.0. The number of nitrogens with one attached hydrogen (secondary N) is 1. The molecule has 0 aliphatic carbocycles. The van der Waals surface area contributed by atoms with Crippen LogP contribution in [0.4, 0.5) is 5.69 Å². The molecule has 2 aromatic carbocycles. The Bertz CT molecular complexity index is 1190. The van der Waals surface area contributed by atoms with Gasteiger partial charge in [-0.3, -0.25) is 0 Å². The molecule has 8 heteroatoms. The SMILES string of the molecule is N=NC(=NN)C(Oc1nc(-c2ccccc2)cc(-c2cccs2)c1N)c1ccccc1. The Kier molecular flexibility index (Phi) is 6.00. The molecule has 154 valence electrons. The highest BCUT2D eigenvalue weighted by Gasteiger charge is 2.24. The van der Waals surface area contributed by atoms with Gasteiger partial charge in [0.2, 0.25) is 11.7 Å². The first-order valence-electron chi connectivity index (χ1n) is 9.48. The van der Waals surface area contributed by atoms with Gasteiger partial charge in [0.1, 0.15) is 5.69 Å². The van der Waals surface area contributed by atoms with Crippen molar-refractivity contribution in [3.8, 4) is 27.6 Å². The van der Waals surface area contributed by atoms with Gasteiger partial charge in [-0.1, -0.05) is 66.7 Å². The molecule has 0 aliphatic heterocycles. The van der Waals surface area contributed by atoms with Gasteiger partial charge < -0.3 is 16.3 Å². The maximum absolute atomic E-state index is 7.48. The molecule has 0 saturated carbocycles. The number of anilines is 1. The molecule has 0 aliphatic rings. The predicted octanol–water partition coefficient (Wildman–Crippen LogP) is 5.48. The number of pyridine rings is 1. The van der Waals surface area contributed by atoms with Gasteiger partial charge >= 0.3 is 0 Å². The van der Waals surface area contributed by atoms with E-state index in [4.69, 9.17) is 21.8 Å². The van der Waals surface area contributed by atoms with Crippen molar-refractivity contribution < 1.29 is 4.74 Å². The molecule has 0 spiro atoms. The number of hydrogen-bond acceptors (Lipinski definition) is 7. The second-order valence-electron chi connectivity index (χ2n) is 6.62. The van der Waals surface area contributed by atoms with Gasteiger partial charge in [0.25, 0.3) is 0 Å². The van der Waals surface area contributed by atoms with Crippen molar-refractivity contribution >= 4 is 22.9 Å². The van der Waals surface area contributed by atoms with Crippen LogP contribution in [0.15, 0.2) is 94.5 Å². The van der Waals surface area contributed by atoms with E-state index in [9.17, 15) is 0 Å². The van der Waals surface area contributed by atoms with E-state index < -0.39 is 6.10 Å². The Morgan fingerprint density at radius 1 is 1.00 bits per heavy atom. The van der Waals surface area contributed by atoms with Gasteiger partial charge in [-0.05, 0) is 17.5 Å². The van der Waals surface area contributed by atoms with Crippen LogP contribution in [-0.2, 0) is 0 Å². The van der Waals surface area contributed by atoms with Crippen molar-refractivity contribution in [2.24, 2.45) is 16.1 Å². The smallest absolute Gasteiger partial charge is 0.239 e. The largest absolute Gasteiger partial charge is 0.459 e. The van der Waals surface area contributed by atoms with Crippen LogP contribution in [0.2, 0.25) is 0 Å². The van der Waals surface area contributed by atoms with Gasteiger partial charge in [0, 0.05) is 21.6 Å². The number of nitrogen functional groups attached to an aromatic ring is 1. The highest BCUT2D eigenvalue weighted by atomic mass is 32.1. The van der Waals surface area contributed by atoms with Gasteiger partial charge in [0.15, 0.2) is 6.10 Å². The molecule has 2 heterocycles. The van der Waals surface area contributed by atoms with E-state index >= 15 is 0 Å². The third-order valence-electron chi connectivity index (χ3n) is 4.69. The molecule has 0 radical (unpaired) electrons. The predicted molar refractivity (Wildman–Crippen MR) is 124 cm³/mol. The van der Waals surface area contributed by atoms with Gasteiger partial charge in [-0.15, -0.1) is 16.5 Å². The van der Waals surface area contributed by atoms with Crippen molar-refractivity contribution in [1.29, 1.82) is 5.53 Å². The van der Waals surface area contributed by atoms with E-state index in [2.05, 4.69) is 15.2 Å². The number of nitrogens with zero attached hydrogens (tertiary/aromatic N) is 3. The van der Waals surface area contributed by atoms with Crippen molar-refractivity contribution in [3.63, 3.8) is 0 Å². The second-order valence-corrected chi connectivity index (χ2v) is 7.57. The van der Waals surface area contributed by atoms with Crippen LogP contribution >= 0.6 is 11.3 Å². The molecule has 7 nitrogen and oxygen atoms in total. The molecule has 4 aromatic rings. The normalized spacial score (nSPS) is 12.3. The summed E-state index contributed by atoms with van der Waals surface area (Å²) < 4.78 is 6.22.